The van der Waals surface area contributed by atoms with E-state index in [0.29, 0.717) is 11.8 Å². The smallest absolute Gasteiger partial charge is 0.248 e. The van der Waals surface area contributed by atoms with Crippen LogP contribution in [-0.2, 0) is 5.41 Å². The van der Waals surface area contributed by atoms with E-state index in [9.17, 15) is 0 Å². The summed E-state index contributed by atoms with van der Waals surface area (Å²) in [6.45, 7) is 6.64. The van der Waals surface area contributed by atoms with Crippen molar-refractivity contribution >= 4 is 34.1 Å². The van der Waals surface area contributed by atoms with E-state index in [1.165, 1.54) is 5.56 Å². The second-order valence-electron chi connectivity index (χ2n) is 15.6. The Morgan fingerprint density at radius 3 is 0.983 bits per heavy atom. The van der Waals surface area contributed by atoms with Crippen LogP contribution in [0.25, 0.3) is 45.2 Å². The Morgan fingerprint density at radius 2 is 0.627 bits per heavy atom. The summed E-state index contributed by atoms with van der Waals surface area (Å²) in [6.07, 6.45) is 0. The molecule has 286 valence electrons. The summed E-state index contributed by atoms with van der Waals surface area (Å²) >= 11 is 0. The van der Waals surface area contributed by atoms with Crippen LogP contribution in [0.15, 0.2) is 217 Å². The number of anilines is 6. The van der Waals surface area contributed by atoms with Gasteiger partial charge in [0, 0.05) is 45.3 Å². The lowest BCUT2D eigenvalue weighted by atomic mass is 9.87. The molecule has 0 N–H and O–H groups in total. The molecule has 59 heavy (non-hydrogen) atoms. The topological polar surface area (TPSA) is 45.4 Å². The number of rotatable bonds is 10. The van der Waals surface area contributed by atoms with Gasteiger partial charge in [-0.2, -0.15) is 0 Å². The van der Waals surface area contributed by atoms with Crippen LogP contribution in [0.1, 0.15) is 26.3 Å². The third-order valence-corrected chi connectivity index (χ3v) is 10.6. The molecule has 0 spiro atoms. The second kappa shape index (κ2) is 16.2. The predicted molar refractivity (Wildman–Crippen MR) is 244 cm³/mol. The molecule has 0 aliphatic carbocycles. The molecule has 0 atom stereocenters. The summed E-state index contributed by atoms with van der Waals surface area (Å²) in [5.74, 6) is 0.958. The van der Waals surface area contributed by atoms with Gasteiger partial charge < -0.3 is 14.2 Å². The zero-order chi connectivity index (χ0) is 40.2. The van der Waals surface area contributed by atoms with E-state index < -0.39 is 0 Å². The first-order valence-electron chi connectivity index (χ1n) is 20.0. The minimum atomic E-state index is 0.0501. The molecule has 0 aliphatic rings. The number of hydrogen-bond donors (Lipinski definition) is 0. The van der Waals surface area contributed by atoms with Crippen LogP contribution in [0, 0.1) is 0 Å². The predicted octanol–water partition coefficient (Wildman–Crippen LogP) is 15.0. The highest BCUT2D eigenvalue weighted by atomic mass is 16.4. The SMILES string of the molecule is CC(C)(C)c1ccc(-c2nnc(-c3cc(-c4ccc(N(c5ccccc5)c5ccccc5)cc4)cc(-c4ccc(N(c5ccccc5)c5ccccc5)cc4)c3)o2)cc1. The number of aromatic nitrogens is 2. The van der Waals surface area contributed by atoms with E-state index in [2.05, 4.69) is 229 Å². The molecule has 0 saturated carbocycles. The van der Waals surface area contributed by atoms with Crippen LogP contribution >= 0.6 is 0 Å². The van der Waals surface area contributed by atoms with Crippen molar-refractivity contribution in [3.8, 4) is 45.2 Å². The fraction of sp³-hybridized carbons (Fsp3) is 0.0741. The molecule has 9 aromatic rings. The van der Waals surface area contributed by atoms with Crippen LogP contribution < -0.4 is 9.80 Å². The Hall–Kier alpha value is -7.50. The van der Waals surface area contributed by atoms with E-state index in [0.717, 1.165) is 67.5 Å². The second-order valence-corrected chi connectivity index (χ2v) is 15.6. The average molecular weight is 765 g/mol. The zero-order valence-electron chi connectivity index (χ0n) is 33.4. The maximum Gasteiger partial charge on any atom is 0.248 e. The van der Waals surface area contributed by atoms with Gasteiger partial charge in [0.2, 0.25) is 11.8 Å². The molecule has 5 nitrogen and oxygen atoms in total. The summed E-state index contributed by atoms with van der Waals surface area (Å²) < 4.78 is 6.42. The molecule has 8 aromatic carbocycles. The van der Waals surface area contributed by atoms with Crippen molar-refractivity contribution < 1.29 is 4.42 Å². The molecule has 5 heteroatoms. The molecular formula is C54H44N4O. The van der Waals surface area contributed by atoms with E-state index in [1.54, 1.807) is 0 Å². The summed E-state index contributed by atoms with van der Waals surface area (Å²) in [4.78, 5) is 4.55. The third kappa shape index (κ3) is 8.05. The summed E-state index contributed by atoms with van der Waals surface area (Å²) in [6, 6.07) is 74.3. The monoisotopic (exact) mass is 764 g/mol. The molecule has 1 aromatic heterocycles. The molecule has 1 heterocycles. The minimum absolute atomic E-state index is 0.0501. The van der Waals surface area contributed by atoms with Crippen molar-refractivity contribution in [2.75, 3.05) is 9.80 Å². The lowest BCUT2D eigenvalue weighted by Gasteiger charge is -2.25. The Balaban J connectivity index is 1.11. The van der Waals surface area contributed by atoms with E-state index in [-0.39, 0.29) is 5.41 Å². The van der Waals surface area contributed by atoms with Crippen LogP contribution in [0.4, 0.5) is 34.1 Å². The van der Waals surface area contributed by atoms with Gasteiger partial charge in [-0.05, 0) is 136 Å². The standard InChI is InChI=1S/C54H44N4O/c1-54(2,3)45-30-24-41(25-31-45)52-55-56-53(59-52)44-37-42(39-26-32-50(33-27-39)57(46-16-8-4-9-17-46)47-18-10-5-11-19-47)36-43(38-44)40-28-34-51(35-29-40)58(48-20-12-6-13-21-48)49-22-14-7-15-23-49/h4-38H,1-3H3. The van der Waals surface area contributed by atoms with Crippen molar-refractivity contribution in [2.24, 2.45) is 0 Å². The number of para-hydroxylation sites is 4. The van der Waals surface area contributed by atoms with Gasteiger partial charge in [0.05, 0.1) is 0 Å². The van der Waals surface area contributed by atoms with Gasteiger partial charge >= 0.3 is 0 Å². The van der Waals surface area contributed by atoms with Crippen LogP contribution in [0.3, 0.4) is 0 Å². The van der Waals surface area contributed by atoms with E-state index >= 15 is 0 Å². The van der Waals surface area contributed by atoms with Crippen LogP contribution in [-0.4, -0.2) is 10.2 Å². The van der Waals surface area contributed by atoms with Crippen molar-refractivity contribution in [2.45, 2.75) is 26.2 Å². The van der Waals surface area contributed by atoms with Crippen molar-refractivity contribution in [3.63, 3.8) is 0 Å². The largest absolute Gasteiger partial charge is 0.416 e. The summed E-state index contributed by atoms with van der Waals surface area (Å²) in [5.41, 5.74) is 13.8. The van der Waals surface area contributed by atoms with Crippen molar-refractivity contribution in [3.05, 3.63) is 218 Å². The van der Waals surface area contributed by atoms with Gasteiger partial charge in [-0.1, -0.05) is 130 Å². The molecular weight excluding hydrogens is 721 g/mol. The Labute approximate surface area is 346 Å². The maximum absolute atomic E-state index is 6.42. The normalized spacial score (nSPS) is 11.3. The van der Waals surface area contributed by atoms with Gasteiger partial charge in [0.25, 0.3) is 0 Å². The molecule has 9 rings (SSSR count). The lowest BCUT2D eigenvalue weighted by molar-refractivity contribution is 0.582. The number of benzene rings is 8. The van der Waals surface area contributed by atoms with Crippen molar-refractivity contribution in [1.82, 2.24) is 10.2 Å². The molecule has 0 fully saturated rings. The van der Waals surface area contributed by atoms with Gasteiger partial charge in [-0.3, -0.25) is 0 Å². The molecule has 0 amide bonds. The average Bonchev–Trinajstić information content (AvgIpc) is 3.79. The lowest BCUT2D eigenvalue weighted by Crippen LogP contribution is -2.10. The molecule has 0 bridgehead atoms. The van der Waals surface area contributed by atoms with Crippen molar-refractivity contribution in [1.29, 1.82) is 0 Å². The molecule has 0 radical (unpaired) electrons. The van der Waals surface area contributed by atoms with Crippen LogP contribution in [0.2, 0.25) is 0 Å². The quantitative estimate of drug-likeness (QED) is 0.139. The van der Waals surface area contributed by atoms with Crippen LogP contribution in [0.5, 0.6) is 0 Å². The maximum atomic E-state index is 6.42. The zero-order valence-corrected chi connectivity index (χ0v) is 33.4. The Bertz CT molecular complexity index is 2540. The minimum Gasteiger partial charge on any atom is -0.416 e. The third-order valence-electron chi connectivity index (χ3n) is 10.6. The fourth-order valence-electron chi connectivity index (χ4n) is 7.46. The van der Waals surface area contributed by atoms with Gasteiger partial charge in [-0.15, -0.1) is 10.2 Å². The summed E-state index contributed by atoms with van der Waals surface area (Å²) in [7, 11) is 0. The summed E-state index contributed by atoms with van der Waals surface area (Å²) in [5, 5.41) is 9.09. The van der Waals surface area contributed by atoms with Gasteiger partial charge in [0.1, 0.15) is 0 Å². The number of hydrogen-bond acceptors (Lipinski definition) is 5. The first kappa shape index (κ1) is 37.1. The van der Waals surface area contributed by atoms with Gasteiger partial charge in [-0.25, -0.2) is 0 Å². The molecule has 0 saturated heterocycles. The highest BCUT2D eigenvalue weighted by Gasteiger charge is 2.18. The van der Waals surface area contributed by atoms with E-state index in [1.807, 2.05) is 24.3 Å². The molecule has 0 aliphatic heterocycles. The first-order valence-corrected chi connectivity index (χ1v) is 20.0. The molecule has 0 unspecified atom stereocenters. The van der Waals surface area contributed by atoms with Gasteiger partial charge in [0.15, 0.2) is 0 Å². The van der Waals surface area contributed by atoms with E-state index in [4.69, 9.17) is 4.42 Å². The highest BCUT2D eigenvalue weighted by Crippen LogP contribution is 2.40. The number of nitrogens with zero attached hydrogens (tertiary/aromatic N) is 4. The first-order chi connectivity index (χ1) is 28.9. The highest BCUT2D eigenvalue weighted by molar-refractivity contribution is 5.84. The Kier molecular flexibility index (Phi) is 10.2. The Morgan fingerprint density at radius 1 is 0.322 bits per heavy atom. The fourth-order valence-corrected chi connectivity index (χ4v) is 7.46.